The number of esters is 1. The average Bonchev–Trinajstić information content (AvgIpc) is 2.18. The van der Waals surface area contributed by atoms with E-state index in [1.165, 1.54) is 19.4 Å². The van der Waals surface area contributed by atoms with Gasteiger partial charge in [0.15, 0.2) is 15.7 Å². The molecule has 0 N–H and O–H groups in total. The molecule has 0 aliphatic heterocycles. The van der Waals surface area contributed by atoms with Crippen molar-refractivity contribution in [3.8, 4) is 0 Å². The Morgan fingerprint density at radius 2 is 2.29 bits per heavy atom. The molecular formula is C8H9NO4S. The Labute approximate surface area is 82.7 Å². The van der Waals surface area contributed by atoms with Gasteiger partial charge < -0.3 is 4.74 Å². The summed E-state index contributed by atoms with van der Waals surface area (Å²) in [5.41, 5.74) is 0.570. The normalized spacial score (nSPS) is 10.1. The summed E-state index contributed by atoms with van der Waals surface area (Å²) in [6.07, 6.45) is 1.40. The van der Waals surface area contributed by atoms with Crippen LogP contribution in [0, 0.1) is 0 Å². The molecule has 0 fully saturated rings. The number of hydrogen-bond donors (Lipinski definition) is 1. The first kappa shape index (κ1) is 10.6. The average molecular weight is 215 g/mol. The van der Waals surface area contributed by atoms with E-state index in [1.54, 1.807) is 6.07 Å². The maximum Gasteiger partial charge on any atom is 0.309 e. The quantitative estimate of drug-likeness (QED) is 0.557. The lowest BCUT2D eigenvalue weighted by atomic mass is 10.2. The zero-order chi connectivity index (χ0) is 10.6. The lowest BCUT2D eigenvalue weighted by Gasteiger charge is -1.99. The first-order valence-corrected chi connectivity index (χ1v) is 4.97. The summed E-state index contributed by atoms with van der Waals surface area (Å²) in [5, 5.41) is -0.0404. The number of carbonyl (C=O) groups excluding carboxylic acids is 1. The number of hydrogen-bond acceptors (Lipinski definition) is 5. The summed E-state index contributed by atoms with van der Waals surface area (Å²) in [7, 11) is -1.43. The highest BCUT2D eigenvalue weighted by Gasteiger charge is 2.04. The van der Waals surface area contributed by atoms with E-state index >= 15 is 0 Å². The van der Waals surface area contributed by atoms with Crippen LogP contribution in [0.15, 0.2) is 23.4 Å². The molecule has 1 heterocycles. The van der Waals surface area contributed by atoms with Crippen molar-refractivity contribution >= 4 is 16.7 Å². The summed E-state index contributed by atoms with van der Waals surface area (Å²) < 4.78 is 25.6. The van der Waals surface area contributed by atoms with Gasteiger partial charge in [-0.25, -0.2) is 13.4 Å². The molecule has 5 nitrogen and oxygen atoms in total. The Morgan fingerprint density at radius 1 is 1.57 bits per heavy atom. The van der Waals surface area contributed by atoms with E-state index in [4.69, 9.17) is 0 Å². The Bertz CT molecular complexity index is 406. The summed E-state index contributed by atoms with van der Waals surface area (Å²) in [4.78, 5) is 14.5. The van der Waals surface area contributed by atoms with Crippen molar-refractivity contribution in [2.24, 2.45) is 0 Å². The molecule has 0 radical (unpaired) electrons. The van der Waals surface area contributed by atoms with Gasteiger partial charge in [-0.3, -0.25) is 4.79 Å². The van der Waals surface area contributed by atoms with Crippen LogP contribution >= 0.6 is 0 Å². The number of nitrogens with zero attached hydrogens (tertiary/aromatic N) is 1. The van der Waals surface area contributed by atoms with Gasteiger partial charge in [0.1, 0.15) is 0 Å². The zero-order valence-electron chi connectivity index (χ0n) is 7.47. The third-order valence-corrected chi connectivity index (χ3v) is 2.19. The predicted molar refractivity (Wildman–Crippen MR) is 48.5 cm³/mol. The van der Waals surface area contributed by atoms with Crippen LogP contribution in [-0.4, -0.2) is 26.5 Å². The largest absolute Gasteiger partial charge is 0.469 e. The van der Waals surface area contributed by atoms with Gasteiger partial charge in [-0.2, -0.15) is 0 Å². The molecule has 76 valence electrons. The van der Waals surface area contributed by atoms with Crippen molar-refractivity contribution in [2.75, 3.05) is 7.11 Å². The highest BCUT2D eigenvalue weighted by atomic mass is 32.2. The molecule has 0 amide bonds. The van der Waals surface area contributed by atoms with Gasteiger partial charge in [-0.05, 0) is 17.7 Å². The van der Waals surface area contributed by atoms with Crippen LogP contribution in [0.3, 0.4) is 0 Å². The summed E-state index contributed by atoms with van der Waals surface area (Å²) in [6, 6.07) is 2.92. The van der Waals surface area contributed by atoms with Crippen LogP contribution in [-0.2, 0) is 26.7 Å². The molecule has 14 heavy (non-hydrogen) atoms. The van der Waals surface area contributed by atoms with E-state index in [0.717, 1.165) is 0 Å². The van der Waals surface area contributed by atoms with E-state index in [-0.39, 0.29) is 11.4 Å². The maximum atomic E-state index is 10.9. The van der Waals surface area contributed by atoms with Crippen molar-refractivity contribution in [3.05, 3.63) is 23.9 Å². The standard InChI is InChI=1S/C8H9NO4S/c1-13-8(10)5-6-2-3-9-7(4-6)14(11)12/h2-4,14H,5H2,1H3. The second-order valence-electron chi connectivity index (χ2n) is 2.53. The van der Waals surface area contributed by atoms with E-state index in [1.807, 2.05) is 0 Å². The molecule has 0 bridgehead atoms. The maximum absolute atomic E-state index is 10.9. The zero-order valence-corrected chi connectivity index (χ0v) is 8.36. The third kappa shape index (κ3) is 2.81. The van der Waals surface area contributed by atoms with Gasteiger partial charge in [0.25, 0.3) is 0 Å². The number of rotatable bonds is 3. The van der Waals surface area contributed by atoms with Crippen LogP contribution in [0.5, 0.6) is 0 Å². The number of carbonyl (C=O) groups is 1. The van der Waals surface area contributed by atoms with Gasteiger partial charge in [0.05, 0.1) is 13.5 Å². The summed E-state index contributed by atoms with van der Waals surface area (Å²) in [6.45, 7) is 0. The minimum absolute atomic E-state index is 0.0404. The van der Waals surface area contributed by atoms with E-state index in [0.29, 0.717) is 5.56 Å². The Balaban J connectivity index is 2.89. The highest BCUT2D eigenvalue weighted by Crippen LogP contribution is 2.04. The van der Waals surface area contributed by atoms with Crippen molar-refractivity contribution in [2.45, 2.75) is 11.4 Å². The molecular weight excluding hydrogens is 206 g/mol. The van der Waals surface area contributed by atoms with Crippen LogP contribution in [0.1, 0.15) is 5.56 Å². The van der Waals surface area contributed by atoms with Crippen molar-refractivity contribution < 1.29 is 17.9 Å². The molecule has 0 atom stereocenters. The minimum Gasteiger partial charge on any atom is -0.469 e. The third-order valence-electron chi connectivity index (χ3n) is 1.57. The summed E-state index contributed by atoms with van der Waals surface area (Å²) >= 11 is 0. The van der Waals surface area contributed by atoms with Gasteiger partial charge in [0.2, 0.25) is 0 Å². The van der Waals surface area contributed by atoms with Crippen LogP contribution in [0.2, 0.25) is 0 Å². The molecule has 0 aromatic carbocycles. The van der Waals surface area contributed by atoms with Crippen molar-refractivity contribution in [1.82, 2.24) is 4.98 Å². The predicted octanol–water partition coefficient (Wildman–Crippen LogP) is -0.233. The molecule has 1 aromatic rings. The molecule has 0 saturated carbocycles. The van der Waals surface area contributed by atoms with Gasteiger partial charge in [-0.1, -0.05) is 0 Å². The molecule has 0 saturated heterocycles. The topological polar surface area (TPSA) is 73.3 Å². The minimum atomic E-state index is -2.70. The molecule has 1 aromatic heterocycles. The Kier molecular flexibility index (Phi) is 3.58. The van der Waals surface area contributed by atoms with Crippen LogP contribution < -0.4 is 0 Å². The molecule has 6 heteroatoms. The van der Waals surface area contributed by atoms with Crippen LogP contribution in [0.25, 0.3) is 0 Å². The fourth-order valence-corrected chi connectivity index (χ4v) is 1.34. The molecule has 0 unspecified atom stereocenters. The Hall–Kier alpha value is -1.43. The van der Waals surface area contributed by atoms with E-state index in [2.05, 4.69) is 9.72 Å². The second-order valence-corrected chi connectivity index (χ2v) is 3.50. The lowest BCUT2D eigenvalue weighted by Crippen LogP contribution is -2.04. The number of methoxy groups -OCH3 is 1. The second kappa shape index (κ2) is 4.71. The number of pyridine rings is 1. The lowest BCUT2D eigenvalue weighted by molar-refractivity contribution is -0.139. The molecule has 0 aliphatic carbocycles. The van der Waals surface area contributed by atoms with E-state index < -0.39 is 16.7 Å². The fraction of sp³-hybridized carbons (Fsp3) is 0.250. The van der Waals surface area contributed by atoms with Gasteiger partial charge in [-0.15, -0.1) is 0 Å². The van der Waals surface area contributed by atoms with Crippen molar-refractivity contribution in [1.29, 1.82) is 0 Å². The van der Waals surface area contributed by atoms with Crippen molar-refractivity contribution in [3.63, 3.8) is 0 Å². The first-order chi connectivity index (χ1) is 6.63. The molecule has 0 aliphatic rings. The van der Waals surface area contributed by atoms with Gasteiger partial charge >= 0.3 is 5.97 Å². The fourth-order valence-electron chi connectivity index (χ4n) is 0.909. The van der Waals surface area contributed by atoms with Gasteiger partial charge in [0, 0.05) is 6.20 Å². The molecule has 1 rings (SSSR count). The SMILES string of the molecule is COC(=O)Cc1ccnc([SH](=O)=O)c1. The number of ether oxygens (including phenoxy) is 1. The number of thiol groups is 1. The summed E-state index contributed by atoms with van der Waals surface area (Å²) in [5.74, 6) is -0.414. The smallest absolute Gasteiger partial charge is 0.309 e. The first-order valence-electron chi connectivity index (χ1n) is 3.79. The monoisotopic (exact) mass is 215 g/mol. The Morgan fingerprint density at radius 3 is 2.86 bits per heavy atom. The number of aromatic nitrogens is 1. The van der Waals surface area contributed by atoms with E-state index in [9.17, 15) is 13.2 Å². The van der Waals surface area contributed by atoms with Crippen LogP contribution in [0.4, 0.5) is 0 Å². The highest BCUT2D eigenvalue weighted by molar-refractivity contribution is 7.72. The molecule has 0 spiro atoms.